The van der Waals surface area contributed by atoms with Crippen LogP contribution in [0.25, 0.3) is 11.3 Å². The zero-order chi connectivity index (χ0) is 17.0. The van der Waals surface area contributed by atoms with Gasteiger partial charge in [0.1, 0.15) is 11.6 Å². The van der Waals surface area contributed by atoms with Crippen LogP contribution in [0, 0.1) is 5.82 Å². The summed E-state index contributed by atoms with van der Waals surface area (Å²) in [6.45, 7) is 3.73. The lowest BCUT2D eigenvalue weighted by atomic mass is 10.2. The minimum atomic E-state index is -0.963. The molecular weight excluding hydrogens is 301 g/mol. The Morgan fingerprint density at radius 2 is 1.83 bits per heavy atom. The van der Waals surface area contributed by atoms with Gasteiger partial charge in [-0.3, -0.25) is 9.59 Å². The van der Waals surface area contributed by atoms with Crippen molar-refractivity contribution in [1.82, 2.24) is 4.90 Å². The molecule has 1 heterocycles. The van der Waals surface area contributed by atoms with Gasteiger partial charge in [0.15, 0.2) is 5.76 Å². The number of carboxylic acid groups (broad SMARTS) is 1. The molecule has 5 nitrogen and oxygen atoms in total. The van der Waals surface area contributed by atoms with Crippen LogP contribution in [0.2, 0.25) is 0 Å². The number of hydrogen-bond donors (Lipinski definition) is 1. The zero-order valence-electron chi connectivity index (χ0n) is 13.0. The van der Waals surface area contributed by atoms with Crippen LogP contribution in [-0.4, -0.2) is 34.5 Å². The fourth-order valence-corrected chi connectivity index (χ4v) is 2.17. The topological polar surface area (TPSA) is 70.8 Å². The van der Waals surface area contributed by atoms with Crippen molar-refractivity contribution in [3.05, 3.63) is 48.0 Å². The normalized spacial score (nSPS) is 10.8. The summed E-state index contributed by atoms with van der Waals surface area (Å²) in [6.07, 6.45) is -0.130. The SMILES string of the molecule is CC(C)N(CCC(=O)O)C(=O)c1ccc(-c2ccc(F)cc2)o1. The molecule has 2 rings (SSSR count). The van der Waals surface area contributed by atoms with Crippen molar-refractivity contribution in [3.63, 3.8) is 0 Å². The Labute approximate surface area is 133 Å². The van der Waals surface area contributed by atoms with E-state index in [0.717, 1.165) is 0 Å². The van der Waals surface area contributed by atoms with Gasteiger partial charge < -0.3 is 14.4 Å². The molecule has 1 N–H and O–H groups in total. The van der Waals surface area contributed by atoms with Gasteiger partial charge in [-0.2, -0.15) is 0 Å². The van der Waals surface area contributed by atoms with Gasteiger partial charge in [-0.15, -0.1) is 0 Å². The first-order chi connectivity index (χ1) is 10.9. The minimum Gasteiger partial charge on any atom is -0.481 e. The van der Waals surface area contributed by atoms with Gasteiger partial charge in [0, 0.05) is 18.2 Å². The number of halogens is 1. The highest BCUT2D eigenvalue weighted by Crippen LogP contribution is 2.23. The Kier molecular flexibility index (Phi) is 5.16. The number of carboxylic acids is 1. The number of carbonyl (C=O) groups is 2. The maximum Gasteiger partial charge on any atom is 0.305 e. The molecule has 2 aromatic rings. The summed E-state index contributed by atoms with van der Waals surface area (Å²) in [5.41, 5.74) is 0.659. The smallest absolute Gasteiger partial charge is 0.305 e. The number of furan rings is 1. The number of nitrogens with zero attached hydrogens (tertiary/aromatic N) is 1. The Morgan fingerprint density at radius 1 is 1.17 bits per heavy atom. The molecule has 0 fully saturated rings. The van der Waals surface area contributed by atoms with Crippen LogP contribution in [0.5, 0.6) is 0 Å². The predicted octanol–water partition coefficient (Wildman–Crippen LogP) is 3.41. The average molecular weight is 319 g/mol. The minimum absolute atomic E-state index is 0.110. The van der Waals surface area contributed by atoms with Gasteiger partial charge in [-0.1, -0.05) is 0 Å². The number of hydrogen-bond acceptors (Lipinski definition) is 3. The quantitative estimate of drug-likeness (QED) is 0.885. The summed E-state index contributed by atoms with van der Waals surface area (Å²) in [6, 6.07) is 8.77. The fourth-order valence-electron chi connectivity index (χ4n) is 2.17. The third kappa shape index (κ3) is 4.18. The maximum absolute atomic E-state index is 12.9. The lowest BCUT2D eigenvalue weighted by Crippen LogP contribution is -2.38. The molecule has 1 aromatic heterocycles. The molecule has 0 aliphatic carbocycles. The monoisotopic (exact) mass is 319 g/mol. The second-order valence-electron chi connectivity index (χ2n) is 5.41. The van der Waals surface area contributed by atoms with Crippen molar-refractivity contribution in [3.8, 4) is 11.3 Å². The van der Waals surface area contributed by atoms with Crippen molar-refractivity contribution in [2.24, 2.45) is 0 Å². The first-order valence-corrected chi connectivity index (χ1v) is 7.27. The molecule has 0 aliphatic heterocycles. The number of carbonyl (C=O) groups excluding carboxylic acids is 1. The third-order valence-corrected chi connectivity index (χ3v) is 3.40. The van der Waals surface area contributed by atoms with E-state index in [1.54, 1.807) is 18.2 Å². The van der Waals surface area contributed by atoms with E-state index in [-0.39, 0.29) is 36.5 Å². The van der Waals surface area contributed by atoms with Gasteiger partial charge in [0.2, 0.25) is 0 Å². The zero-order valence-corrected chi connectivity index (χ0v) is 13.0. The first kappa shape index (κ1) is 16.7. The molecule has 0 spiro atoms. The number of amides is 1. The molecule has 0 atom stereocenters. The van der Waals surface area contributed by atoms with E-state index in [1.165, 1.54) is 23.1 Å². The fraction of sp³-hybridized carbons (Fsp3) is 0.294. The average Bonchev–Trinajstić information content (AvgIpc) is 2.97. The first-order valence-electron chi connectivity index (χ1n) is 7.27. The second kappa shape index (κ2) is 7.09. The van der Waals surface area contributed by atoms with Crippen molar-refractivity contribution in [2.75, 3.05) is 6.54 Å². The highest BCUT2D eigenvalue weighted by atomic mass is 19.1. The molecule has 0 saturated heterocycles. The Bertz CT molecular complexity index is 691. The molecule has 0 bridgehead atoms. The maximum atomic E-state index is 12.9. The Morgan fingerprint density at radius 3 is 2.39 bits per heavy atom. The van der Waals surface area contributed by atoms with Gasteiger partial charge in [0.25, 0.3) is 5.91 Å². The summed E-state index contributed by atoms with van der Waals surface area (Å²) in [4.78, 5) is 24.6. The third-order valence-electron chi connectivity index (χ3n) is 3.40. The number of benzene rings is 1. The molecule has 23 heavy (non-hydrogen) atoms. The van der Waals surface area contributed by atoms with Crippen LogP contribution in [0.1, 0.15) is 30.8 Å². The van der Waals surface area contributed by atoms with Gasteiger partial charge in [-0.05, 0) is 50.2 Å². The molecule has 1 aromatic carbocycles. The van der Waals surface area contributed by atoms with Gasteiger partial charge >= 0.3 is 5.97 Å². The van der Waals surface area contributed by atoms with Crippen molar-refractivity contribution in [2.45, 2.75) is 26.3 Å². The summed E-state index contributed by atoms with van der Waals surface area (Å²) in [5, 5.41) is 8.78. The van der Waals surface area contributed by atoms with E-state index in [9.17, 15) is 14.0 Å². The number of aliphatic carboxylic acids is 1. The van der Waals surface area contributed by atoms with E-state index < -0.39 is 5.97 Å². The van der Waals surface area contributed by atoms with Gasteiger partial charge in [0.05, 0.1) is 6.42 Å². The van der Waals surface area contributed by atoms with Gasteiger partial charge in [-0.25, -0.2) is 4.39 Å². The van der Waals surface area contributed by atoms with Crippen molar-refractivity contribution >= 4 is 11.9 Å². The highest BCUT2D eigenvalue weighted by molar-refractivity contribution is 5.92. The second-order valence-corrected chi connectivity index (χ2v) is 5.41. The van der Waals surface area contributed by atoms with Crippen LogP contribution in [0.15, 0.2) is 40.8 Å². The molecule has 0 unspecified atom stereocenters. The van der Waals surface area contributed by atoms with E-state index in [1.807, 2.05) is 13.8 Å². The highest BCUT2D eigenvalue weighted by Gasteiger charge is 2.22. The largest absolute Gasteiger partial charge is 0.481 e. The van der Waals surface area contributed by atoms with E-state index >= 15 is 0 Å². The van der Waals surface area contributed by atoms with Crippen LogP contribution >= 0.6 is 0 Å². The number of rotatable bonds is 6. The standard InChI is InChI=1S/C17H18FNO4/c1-11(2)19(10-9-16(20)21)17(22)15-8-7-14(23-15)12-3-5-13(18)6-4-12/h3-8,11H,9-10H2,1-2H3,(H,20,21). The van der Waals surface area contributed by atoms with Crippen LogP contribution < -0.4 is 0 Å². The molecular formula is C17H18FNO4. The molecule has 1 amide bonds. The summed E-state index contributed by atoms with van der Waals surface area (Å²) >= 11 is 0. The van der Waals surface area contributed by atoms with Crippen LogP contribution in [0.3, 0.4) is 0 Å². The Hall–Kier alpha value is -2.63. The Balaban J connectivity index is 2.18. The van der Waals surface area contributed by atoms with Crippen molar-refractivity contribution < 1.29 is 23.5 Å². The van der Waals surface area contributed by atoms with E-state index in [2.05, 4.69) is 0 Å². The molecule has 0 aliphatic rings. The molecule has 122 valence electrons. The van der Waals surface area contributed by atoms with E-state index in [4.69, 9.17) is 9.52 Å². The van der Waals surface area contributed by atoms with Crippen LogP contribution in [-0.2, 0) is 4.79 Å². The van der Waals surface area contributed by atoms with E-state index in [0.29, 0.717) is 11.3 Å². The molecule has 0 radical (unpaired) electrons. The predicted molar refractivity (Wildman–Crippen MR) is 82.5 cm³/mol. The molecule has 6 heteroatoms. The lowest BCUT2D eigenvalue weighted by Gasteiger charge is -2.25. The summed E-state index contributed by atoms with van der Waals surface area (Å²) in [5.74, 6) is -1.10. The summed E-state index contributed by atoms with van der Waals surface area (Å²) in [7, 11) is 0. The van der Waals surface area contributed by atoms with Crippen LogP contribution in [0.4, 0.5) is 4.39 Å². The lowest BCUT2D eigenvalue weighted by molar-refractivity contribution is -0.137. The summed E-state index contributed by atoms with van der Waals surface area (Å²) < 4.78 is 18.5. The van der Waals surface area contributed by atoms with Crippen molar-refractivity contribution in [1.29, 1.82) is 0 Å². The molecule has 0 saturated carbocycles.